The second-order valence-electron chi connectivity index (χ2n) is 7.63. The number of carbonyl (C=O) groups excluding carboxylic acids is 1. The minimum atomic E-state index is -0.213. The molecular formula is C19H28N2O2. The van der Waals surface area contributed by atoms with E-state index in [0.717, 1.165) is 35.4 Å². The van der Waals surface area contributed by atoms with E-state index in [2.05, 4.69) is 31.3 Å². The van der Waals surface area contributed by atoms with Gasteiger partial charge in [0.15, 0.2) is 6.61 Å². The van der Waals surface area contributed by atoms with E-state index >= 15 is 0 Å². The molecule has 0 bridgehead atoms. The van der Waals surface area contributed by atoms with Crippen molar-refractivity contribution in [2.45, 2.75) is 53.9 Å². The number of aryl methyl sites for hydroxylation is 2. The maximum atomic E-state index is 12.0. The summed E-state index contributed by atoms with van der Waals surface area (Å²) in [6.07, 6.45) is 3.10. The third-order valence-electron chi connectivity index (χ3n) is 4.21. The molecule has 0 spiro atoms. The van der Waals surface area contributed by atoms with Gasteiger partial charge in [-0.2, -0.15) is 5.10 Å². The molecule has 0 aromatic heterocycles. The van der Waals surface area contributed by atoms with E-state index in [0.29, 0.717) is 5.92 Å². The van der Waals surface area contributed by atoms with Gasteiger partial charge in [-0.25, -0.2) is 5.43 Å². The van der Waals surface area contributed by atoms with Crippen molar-refractivity contribution in [3.8, 4) is 5.75 Å². The van der Waals surface area contributed by atoms with Crippen LogP contribution in [-0.2, 0) is 4.79 Å². The van der Waals surface area contributed by atoms with E-state index in [1.54, 1.807) is 0 Å². The number of rotatable bonds is 4. The van der Waals surface area contributed by atoms with Crippen molar-refractivity contribution < 1.29 is 9.53 Å². The van der Waals surface area contributed by atoms with Crippen molar-refractivity contribution in [3.63, 3.8) is 0 Å². The Labute approximate surface area is 139 Å². The van der Waals surface area contributed by atoms with Gasteiger partial charge >= 0.3 is 0 Å². The van der Waals surface area contributed by atoms with E-state index < -0.39 is 0 Å². The highest BCUT2D eigenvalue weighted by molar-refractivity contribution is 5.87. The number of hydrogen-bond acceptors (Lipinski definition) is 3. The maximum absolute atomic E-state index is 12.0. The molecule has 1 unspecified atom stereocenters. The summed E-state index contributed by atoms with van der Waals surface area (Å²) in [5.74, 6) is 1.15. The van der Waals surface area contributed by atoms with Gasteiger partial charge in [0.25, 0.3) is 5.91 Å². The lowest BCUT2D eigenvalue weighted by Crippen LogP contribution is -2.31. The molecule has 1 aromatic carbocycles. The van der Waals surface area contributed by atoms with Crippen molar-refractivity contribution in [1.82, 2.24) is 5.43 Å². The molecule has 4 nitrogen and oxygen atoms in total. The SMILES string of the molecule is Cc1ccc(C)c(OCC(=O)N/N=C2\CC(C)CC(C)(C)C2)c1. The molecule has 23 heavy (non-hydrogen) atoms. The average Bonchev–Trinajstić information content (AvgIpc) is 2.44. The number of ether oxygens (including phenoxy) is 1. The quantitative estimate of drug-likeness (QED) is 0.854. The fraction of sp³-hybridized carbons (Fsp3) is 0.579. The first-order chi connectivity index (χ1) is 10.7. The summed E-state index contributed by atoms with van der Waals surface area (Å²) in [6.45, 7) is 10.7. The van der Waals surface area contributed by atoms with Crippen LogP contribution in [0.15, 0.2) is 23.3 Å². The number of nitrogens with one attached hydrogen (secondary N) is 1. The van der Waals surface area contributed by atoms with E-state index in [4.69, 9.17) is 4.74 Å². The molecular weight excluding hydrogens is 288 g/mol. The molecule has 1 aliphatic rings. The Morgan fingerprint density at radius 3 is 2.83 bits per heavy atom. The van der Waals surface area contributed by atoms with Crippen LogP contribution in [0.2, 0.25) is 0 Å². The van der Waals surface area contributed by atoms with Gasteiger partial charge in [-0.1, -0.05) is 32.9 Å². The normalized spacial score (nSPS) is 22.0. The summed E-state index contributed by atoms with van der Waals surface area (Å²) in [5.41, 5.74) is 6.12. The summed E-state index contributed by atoms with van der Waals surface area (Å²) >= 11 is 0. The molecule has 126 valence electrons. The first kappa shape index (κ1) is 17.5. The van der Waals surface area contributed by atoms with Gasteiger partial charge in [0.1, 0.15) is 5.75 Å². The Balaban J connectivity index is 1.87. The second-order valence-corrected chi connectivity index (χ2v) is 7.63. The molecule has 1 aromatic rings. The van der Waals surface area contributed by atoms with E-state index in [1.807, 2.05) is 32.0 Å². The van der Waals surface area contributed by atoms with Crippen LogP contribution in [-0.4, -0.2) is 18.2 Å². The summed E-state index contributed by atoms with van der Waals surface area (Å²) < 4.78 is 5.60. The minimum Gasteiger partial charge on any atom is -0.483 e. The van der Waals surface area contributed by atoms with Crippen LogP contribution in [0.25, 0.3) is 0 Å². The fourth-order valence-electron chi connectivity index (χ4n) is 3.38. The molecule has 1 N–H and O–H groups in total. The summed E-state index contributed by atoms with van der Waals surface area (Å²) in [5, 5.41) is 4.32. The van der Waals surface area contributed by atoms with Crippen molar-refractivity contribution in [2.75, 3.05) is 6.61 Å². The molecule has 0 saturated heterocycles. The Kier molecular flexibility index (Phi) is 5.45. The maximum Gasteiger partial charge on any atom is 0.277 e. The first-order valence-electron chi connectivity index (χ1n) is 8.29. The number of carbonyl (C=O) groups is 1. The van der Waals surface area contributed by atoms with Gasteiger partial charge in [0, 0.05) is 5.71 Å². The van der Waals surface area contributed by atoms with Crippen LogP contribution in [0.4, 0.5) is 0 Å². The third kappa shape index (κ3) is 5.38. The second kappa shape index (κ2) is 7.16. The summed E-state index contributed by atoms with van der Waals surface area (Å²) in [7, 11) is 0. The van der Waals surface area contributed by atoms with E-state index in [-0.39, 0.29) is 17.9 Å². The van der Waals surface area contributed by atoms with Gasteiger partial charge in [-0.3, -0.25) is 4.79 Å². The van der Waals surface area contributed by atoms with Crippen LogP contribution in [0.1, 0.15) is 51.2 Å². The Bertz CT molecular complexity index is 605. The standard InChI is InChI=1S/C19H28N2O2/c1-13-6-7-15(3)17(9-13)23-12-18(22)21-20-16-8-14(2)10-19(4,5)11-16/h6-7,9,14H,8,10-12H2,1-5H3,(H,21,22)/b20-16+. The predicted molar refractivity (Wildman–Crippen MR) is 93.8 cm³/mol. The van der Waals surface area contributed by atoms with E-state index in [9.17, 15) is 4.79 Å². The number of hydrazone groups is 1. The monoisotopic (exact) mass is 316 g/mol. The summed E-state index contributed by atoms with van der Waals surface area (Å²) in [4.78, 5) is 12.0. The van der Waals surface area contributed by atoms with Gasteiger partial charge in [-0.15, -0.1) is 0 Å². The number of benzene rings is 1. The van der Waals surface area contributed by atoms with Crippen molar-refractivity contribution in [3.05, 3.63) is 29.3 Å². The lowest BCUT2D eigenvalue weighted by molar-refractivity contribution is -0.123. The Morgan fingerprint density at radius 1 is 1.39 bits per heavy atom. The largest absolute Gasteiger partial charge is 0.483 e. The Hall–Kier alpha value is -1.84. The molecule has 0 aliphatic heterocycles. The van der Waals surface area contributed by atoms with Crippen LogP contribution in [0.3, 0.4) is 0 Å². The number of amides is 1. The highest BCUT2D eigenvalue weighted by atomic mass is 16.5. The topological polar surface area (TPSA) is 50.7 Å². The van der Waals surface area contributed by atoms with Crippen molar-refractivity contribution in [1.29, 1.82) is 0 Å². The average molecular weight is 316 g/mol. The lowest BCUT2D eigenvalue weighted by Gasteiger charge is -2.34. The van der Waals surface area contributed by atoms with E-state index in [1.165, 1.54) is 6.42 Å². The molecule has 0 heterocycles. The smallest absolute Gasteiger partial charge is 0.277 e. The van der Waals surface area contributed by atoms with Crippen molar-refractivity contribution in [2.24, 2.45) is 16.4 Å². The first-order valence-corrected chi connectivity index (χ1v) is 8.29. The van der Waals surface area contributed by atoms with Crippen molar-refractivity contribution >= 4 is 11.6 Å². The van der Waals surface area contributed by atoms with Crippen LogP contribution < -0.4 is 10.2 Å². The van der Waals surface area contributed by atoms with Gasteiger partial charge < -0.3 is 4.74 Å². The van der Waals surface area contributed by atoms with Gasteiger partial charge in [0.05, 0.1) is 0 Å². The molecule has 1 saturated carbocycles. The molecule has 1 fully saturated rings. The van der Waals surface area contributed by atoms with Crippen LogP contribution in [0.5, 0.6) is 5.75 Å². The zero-order chi connectivity index (χ0) is 17.0. The van der Waals surface area contributed by atoms with Crippen LogP contribution >= 0.6 is 0 Å². The molecule has 4 heteroatoms. The van der Waals surface area contributed by atoms with Crippen LogP contribution in [0, 0.1) is 25.2 Å². The highest BCUT2D eigenvalue weighted by Crippen LogP contribution is 2.36. The third-order valence-corrected chi connectivity index (χ3v) is 4.21. The molecule has 2 rings (SSSR count). The fourth-order valence-corrected chi connectivity index (χ4v) is 3.38. The molecule has 1 aliphatic carbocycles. The summed E-state index contributed by atoms with van der Waals surface area (Å²) in [6, 6.07) is 5.97. The number of hydrogen-bond donors (Lipinski definition) is 1. The highest BCUT2D eigenvalue weighted by Gasteiger charge is 2.29. The van der Waals surface area contributed by atoms with Gasteiger partial charge in [0.2, 0.25) is 0 Å². The molecule has 1 atom stereocenters. The molecule has 1 amide bonds. The predicted octanol–water partition coefficient (Wildman–Crippen LogP) is 4.00. The zero-order valence-electron chi connectivity index (χ0n) is 14.9. The zero-order valence-corrected chi connectivity index (χ0v) is 14.9. The van der Waals surface area contributed by atoms with Gasteiger partial charge in [-0.05, 0) is 61.6 Å². The number of nitrogens with zero attached hydrogens (tertiary/aromatic N) is 1. The Morgan fingerprint density at radius 2 is 2.13 bits per heavy atom. The lowest BCUT2D eigenvalue weighted by atomic mass is 9.72. The molecule has 0 radical (unpaired) electrons. The minimum absolute atomic E-state index is 0.0139.